The molecule has 0 radical (unpaired) electrons. The number of hydrogen-bond donors (Lipinski definition) is 4. The normalized spacial score (nSPS) is 25.0. The standard InChI is InChI=1S/C32H43N3O5S/c1-20-10-8-9-13-23(20)18-33-30(39)28-32(3,4)41-19-35(28)31(40)26(37)17-24(16-22-11-6-5-7-12-22)29(38)34-27-21(2)14-15-25(27)36/h5-13,21,24-28,36-37H,14-19H2,1-4H3,(H,33,39)(H,34,38)/t21-,24-,25-,26+,27+,28-/m1/s1. The van der Waals surface area contributed by atoms with Gasteiger partial charge in [0.25, 0.3) is 5.91 Å². The van der Waals surface area contributed by atoms with Gasteiger partial charge in [-0.15, -0.1) is 11.8 Å². The molecule has 3 amide bonds. The van der Waals surface area contributed by atoms with Crippen LogP contribution in [-0.2, 0) is 27.3 Å². The fraction of sp³-hybridized carbons (Fsp3) is 0.531. The van der Waals surface area contributed by atoms with Crippen molar-refractivity contribution in [2.24, 2.45) is 11.8 Å². The van der Waals surface area contributed by atoms with Crippen molar-refractivity contribution in [3.8, 4) is 0 Å². The summed E-state index contributed by atoms with van der Waals surface area (Å²) >= 11 is 1.49. The predicted octanol–water partition coefficient (Wildman–Crippen LogP) is 3.18. The molecule has 2 aromatic rings. The van der Waals surface area contributed by atoms with E-state index in [9.17, 15) is 24.6 Å². The van der Waals surface area contributed by atoms with Gasteiger partial charge in [-0.05, 0) is 69.1 Å². The highest BCUT2D eigenvalue weighted by Gasteiger charge is 2.49. The van der Waals surface area contributed by atoms with Gasteiger partial charge in [-0.1, -0.05) is 61.5 Å². The first kappa shape index (κ1) is 31.1. The summed E-state index contributed by atoms with van der Waals surface area (Å²) < 4.78 is -0.555. The maximum absolute atomic E-state index is 13.6. The number of aryl methyl sites for hydroxylation is 1. The maximum Gasteiger partial charge on any atom is 0.252 e. The quantitative estimate of drug-likeness (QED) is 0.342. The first-order valence-corrected chi connectivity index (χ1v) is 15.4. The highest BCUT2D eigenvalue weighted by molar-refractivity contribution is 8.00. The van der Waals surface area contributed by atoms with Gasteiger partial charge in [-0.2, -0.15) is 0 Å². The third kappa shape index (κ3) is 7.50. The third-order valence-corrected chi connectivity index (χ3v) is 9.91. The van der Waals surface area contributed by atoms with Crippen LogP contribution < -0.4 is 10.6 Å². The fourth-order valence-corrected chi connectivity index (χ4v) is 7.08. The summed E-state index contributed by atoms with van der Waals surface area (Å²) in [7, 11) is 0. The summed E-state index contributed by atoms with van der Waals surface area (Å²) in [4.78, 5) is 42.0. The molecule has 0 spiro atoms. The van der Waals surface area contributed by atoms with E-state index in [-0.39, 0.29) is 36.1 Å². The van der Waals surface area contributed by atoms with Gasteiger partial charge >= 0.3 is 0 Å². The van der Waals surface area contributed by atoms with Crippen LogP contribution in [0.15, 0.2) is 54.6 Å². The SMILES string of the molecule is Cc1ccccc1CNC(=O)[C@H]1N(C(=O)[C@@H](O)C[C@@H](Cc2ccccc2)C(=O)N[C@H]2[C@H](C)CC[C@H]2O)CSC1(C)C. The summed E-state index contributed by atoms with van der Waals surface area (Å²) in [6.07, 6.45) is -0.356. The highest BCUT2D eigenvalue weighted by atomic mass is 32.2. The smallest absolute Gasteiger partial charge is 0.252 e. The molecule has 2 aromatic carbocycles. The molecule has 1 saturated heterocycles. The monoisotopic (exact) mass is 581 g/mol. The molecule has 0 unspecified atom stereocenters. The Hall–Kier alpha value is -2.88. The topological polar surface area (TPSA) is 119 Å². The molecule has 9 heteroatoms. The van der Waals surface area contributed by atoms with Crippen LogP contribution in [0, 0.1) is 18.8 Å². The molecular formula is C32H43N3O5S. The van der Waals surface area contributed by atoms with E-state index < -0.39 is 34.8 Å². The van der Waals surface area contributed by atoms with Gasteiger partial charge in [0.1, 0.15) is 12.1 Å². The maximum atomic E-state index is 13.6. The van der Waals surface area contributed by atoms with E-state index in [0.717, 1.165) is 23.1 Å². The Balaban J connectivity index is 1.47. The zero-order chi connectivity index (χ0) is 29.7. The zero-order valence-electron chi connectivity index (χ0n) is 24.4. The van der Waals surface area contributed by atoms with E-state index in [1.54, 1.807) is 0 Å². The van der Waals surface area contributed by atoms with Crippen LogP contribution in [-0.4, -0.2) is 67.7 Å². The molecule has 1 saturated carbocycles. The molecule has 4 N–H and O–H groups in total. The van der Waals surface area contributed by atoms with Crippen molar-refractivity contribution in [3.05, 3.63) is 71.3 Å². The second-order valence-electron chi connectivity index (χ2n) is 12.0. The molecule has 0 bridgehead atoms. The van der Waals surface area contributed by atoms with Gasteiger partial charge in [-0.3, -0.25) is 14.4 Å². The van der Waals surface area contributed by atoms with E-state index >= 15 is 0 Å². The number of nitrogens with zero attached hydrogens (tertiary/aromatic N) is 1. The van der Waals surface area contributed by atoms with E-state index in [2.05, 4.69) is 10.6 Å². The van der Waals surface area contributed by atoms with Crippen molar-refractivity contribution < 1.29 is 24.6 Å². The molecule has 6 atom stereocenters. The Bertz CT molecular complexity index is 1210. The average Bonchev–Trinajstić information content (AvgIpc) is 3.44. The summed E-state index contributed by atoms with van der Waals surface area (Å²) in [6, 6.07) is 16.2. The van der Waals surface area contributed by atoms with Crippen LogP contribution >= 0.6 is 11.8 Å². The minimum Gasteiger partial charge on any atom is -0.391 e. The van der Waals surface area contributed by atoms with E-state index in [1.165, 1.54) is 16.7 Å². The number of rotatable bonds is 10. The number of carbonyl (C=O) groups excluding carboxylic acids is 3. The average molecular weight is 582 g/mol. The van der Waals surface area contributed by atoms with E-state index in [0.29, 0.717) is 19.4 Å². The largest absolute Gasteiger partial charge is 0.391 e. The van der Waals surface area contributed by atoms with Crippen LogP contribution in [0.2, 0.25) is 0 Å². The van der Waals surface area contributed by atoms with Crippen molar-refractivity contribution in [3.63, 3.8) is 0 Å². The Morgan fingerprint density at radius 3 is 2.41 bits per heavy atom. The fourth-order valence-electron chi connectivity index (χ4n) is 5.94. The number of carbonyl (C=O) groups is 3. The molecule has 1 aliphatic carbocycles. The molecule has 1 heterocycles. The number of nitrogens with one attached hydrogen (secondary N) is 2. The first-order chi connectivity index (χ1) is 19.5. The van der Waals surface area contributed by atoms with Crippen molar-refractivity contribution in [2.75, 3.05) is 5.88 Å². The summed E-state index contributed by atoms with van der Waals surface area (Å²) in [5.41, 5.74) is 2.98. The number of amides is 3. The van der Waals surface area contributed by atoms with Gasteiger partial charge in [-0.25, -0.2) is 0 Å². The van der Waals surface area contributed by atoms with Gasteiger partial charge < -0.3 is 25.7 Å². The molecule has 0 aromatic heterocycles. The number of aliphatic hydroxyl groups excluding tert-OH is 2. The van der Waals surface area contributed by atoms with Crippen LogP contribution in [0.1, 0.15) is 56.7 Å². The minimum atomic E-state index is -1.46. The lowest BCUT2D eigenvalue weighted by molar-refractivity contribution is -0.147. The van der Waals surface area contributed by atoms with Crippen molar-refractivity contribution in [1.29, 1.82) is 0 Å². The van der Waals surface area contributed by atoms with Gasteiger partial charge in [0, 0.05) is 17.2 Å². The lowest BCUT2D eigenvalue weighted by Crippen LogP contribution is -2.55. The van der Waals surface area contributed by atoms with Crippen LogP contribution in [0.4, 0.5) is 0 Å². The summed E-state index contributed by atoms with van der Waals surface area (Å²) in [5, 5.41) is 27.6. The first-order valence-electron chi connectivity index (χ1n) is 14.4. The van der Waals surface area contributed by atoms with Crippen molar-refractivity contribution in [1.82, 2.24) is 15.5 Å². The molecule has 1 aliphatic heterocycles. The molecule has 2 aliphatic rings. The van der Waals surface area contributed by atoms with Gasteiger partial charge in [0.2, 0.25) is 11.8 Å². The molecule has 2 fully saturated rings. The van der Waals surface area contributed by atoms with E-state index in [4.69, 9.17) is 0 Å². The zero-order valence-corrected chi connectivity index (χ0v) is 25.2. The molecule has 222 valence electrons. The lowest BCUT2D eigenvalue weighted by atomic mass is 9.91. The molecule has 4 rings (SSSR count). The lowest BCUT2D eigenvalue weighted by Gasteiger charge is -2.32. The Morgan fingerprint density at radius 1 is 1.07 bits per heavy atom. The number of hydrogen-bond acceptors (Lipinski definition) is 6. The molecule has 41 heavy (non-hydrogen) atoms. The molecule has 8 nitrogen and oxygen atoms in total. The summed E-state index contributed by atoms with van der Waals surface area (Å²) in [6.45, 7) is 8.18. The number of thioether (sulfide) groups is 1. The summed E-state index contributed by atoms with van der Waals surface area (Å²) in [5.74, 6) is -1.39. The highest BCUT2D eigenvalue weighted by Crippen LogP contribution is 2.40. The van der Waals surface area contributed by atoms with Crippen molar-refractivity contribution in [2.45, 2.75) is 89.0 Å². The van der Waals surface area contributed by atoms with Crippen LogP contribution in [0.3, 0.4) is 0 Å². The van der Waals surface area contributed by atoms with Crippen LogP contribution in [0.5, 0.6) is 0 Å². The Kier molecular flexibility index (Phi) is 10.2. The van der Waals surface area contributed by atoms with Gasteiger partial charge in [0.15, 0.2) is 0 Å². The van der Waals surface area contributed by atoms with E-state index in [1.807, 2.05) is 82.3 Å². The number of benzene rings is 2. The Labute approximate surface area is 247 Å². The second-order valence-corrected chi connectivity index (χ2v) is 13.6. The van der Waals surface area contributed by atoms with Gasteiger partial charge in [0.05, 0.1) is 18.0 Å². The minimum absolute atomic E-state index is 0.0874. The molecular weight excluding hydrogens is 538 g/mol. The predicted molar refractivity (Wildman–Crippen MR) is 161 cm³/mol. The van der Waals surface area contributed by atoms with Crippen molar-refractivity contribution >= 4 is 29.5 Å². The third-order valence-electron chi connectivity index (χ3n) is 8.53. The van der Waals surface area contributed by atoms with Crippen LogP contribution in [0.25, 0.3) is 0 Å². The second kappa shape index (κ2) is 13.4. The Morgan fingerprint density at radius 2 is 1.76 bits per heavy atom. The number of aliphatic hydroxyl groups is 2.